The molecule has 0 aliphatic heterocycles. The molecule has 0 bridgehead atoms. The lowest BCUT2D eigenvalue weighted by molar-refractivity contribution is 0.126. The van der Waals surface area contributed by atoms with E-state index in [2.05, 4.69) is 5.32 Å². The number of hydrogen-bond acceptors (Lipinski definition) is 3. The summed E-state index contributed by atoms with van der Waals surface area (Å²) in [7, 11) is 0. The highest BCUT2D eigenvalue weighted by Crippen LogP contribution is 2.28. The summed E-state index contributed by atoms with van der Waals surface area (Å²) in [5.41, 5.74) is 1.18. The maximum Gasteiger partial charge on any atom is 0.115 e. The lowest BCUT2D eigenvalue weighted by Gasteiger charge is -2.05. The quantitative estimate of drug-likeness (QED) is 0.691. The minimum atomic E-state index is 0.316. The van der Waals surface area contributed by atoms with E-state index >= 15 is 0 Å². The zero-order valence-corrected chi connectivity index (χ0v) is 9.48. The highest BCUT2D eigenvalue weighted by molar-refractivity contribution is 5.25. The van der Waals surface area contributed by atoms with Crippen molar-refractivity contribution in [2.75, 3.05) is 19.8 Å². The van der Waals surface area contributed by atoms with Crippen LogP contribution in [0.1, 0.15) is 18.4 Å². The molecule has 1 aromatic rings. The van der Waals surface area contributed by atoms with Gasteiger partial charge in [-0.25, -0.2) is 0 Å². The molecular weight excluding hydrogens is 202 g/mol. The second kappa shape index (κ2) is 5.87. The molecule has 0 saturated heterocycles. The third-order valence-corrected chi connectivity index (χ3v) is 2.74. The van der Waals surface area contributed by atoms with Crippen molar-refractivity contribution in [3.8, 4) is 5.75 Å². The van der Waals surface area contributed by atoms with Crippen molar-refractivity contribution in [3.63, 3.8) is 0 Å². The summed E-state index contributed by atoms with van der Waals surface area (Å²) in [4.78, 5) is 0. The van der Waals surface area contributed by atoms with E-state index in [1.807, 2.05) is 12.1 Å². The number of hydrogen-bond donors (Lipinski definition) is 2. The van der Waals surface area contributed by atoms with Gasteiger partial charge in [-0.3, -0.25) is 0 Å². The molecule has 0 heterocycles. The molecule has 1 aliphatic carbocycles. The van der Waals surface area contributed by atoms with E-state index in [0.29, 0.717) is 5.75 Å². The van der Waals surface area contributed by atoms with Crippen LogP contribution in [0.15, 0.2) is 24.3 Å². The van der Waals surface area contributed by atoms with Crippen molar-refractivity contribution in [2.45, 2.75) is 19.4 Å². The first kappa shape index (κ1) is 11.4. The van der Waals surface area contributed by atoms with Gasteiger partial charge in [-0.1, -0.05) is 12.1 Å². The normalized spacial score (nSPS) is 15.2. The van der Waals surface area contributed by atoms with E-state index in [0.717, 1.165) is 32.2 Å². The largest absolute Gasteiger partial charge is 0.508 e. The molecule has 1 saturated carbocycles. The summed E-state index contributed by atoms with van der Waals surface area (Å²) in [6.45, 7) is 3.43. The van der Waals surface area contributed by atoms with Gasteiger partial charge in [0.1, 0.15) is 5.75 Å². The Balaban J connectivity index is 1.51. The molecule has 3 nitrogen and oxygen atoms in total. The molecule has 1 aliphatic rings. The molecule has 88 valence electrons. The van der Waals surface area contributed by atoms with Crippen LogP contribution >= 0.6 is 0 Å². The van der Waals surface area contributed by atoms with Gasteiger partial charge in [0.15, 0.2) is 0 Å². The fraction of sp³-hybridized carbons (Fsp3) is 0.538. The van der Waals surface area contributed by atoms with Gasteiger partial charge < -0.3 is 15.2 Å². The third kappa shape index (κ3) is 4.21. The van der Waals surface area contributed by atoms with Crippen molar-refractivity contribution in [1.82, 2.24) is 5.32 Å². The van der Waals surface area contributed by atoms with Crippen LogP contribution < -0.4 is 5.32 Å². The first-order valence-corrected chi connectivity index (χ1v) is 5.91. The standard InChI is InChI=1S/C13H19NO2/c15-13-5-3-11(4-6-13)9-14-7-8-16-10-12-1-2-12/h3-6,12,14-15H,1-2,7-10H2. The fourth-order valence-electron chi connectivity index (χ4n) is 1.53. The van der Waals surface area contributed by atoms with Gasteiger partial charge in [0.05, 0.1) is 6.61 Å². The molecule has 0 aromatic heterocycles. The number of nitrogens with one attached hydrogen (secondary N) is 1. The molecule has 0 spiro atoms. The molecule has 0 unspecified atom stereocenters. The molecule has 0 amide bonds. The molecule has 0 atom stereocenters. The number of phenolic OH excluding ortho intramolecular Hbond substituents is 1. The van der Waals surface area contributed by atoms with Crippen LogP contribution in [0, 0.1) is 5.92 Å². The Labute approximate surface area is 96.4 Å². The zero-order chi connectivity index (χ0) is 11.2. The Morgan fingerprint density at radius 1 is 1.25 bits per heavy atom. The van der Waals surface area contributed by atoms with Crippen molar-refractivity contribution in [1.29, 1.82) is 0 Å². The van der Waals surface area contributed by atoms with Gasteiger partial charge in [-0.05, 0) is 36.5 Å². The van der Waals surface area contributed by atoms with Crippen LogP contribution in [0.2, 0.25) is 0 Å². The maximum absolute atomic E-state index is 9.12. The van der Waals surface area contributed by atoms with Crippen molar-refractivity contribution in [2.24, 2.45) is 5.92 Å². The number of rotatable bonds is 7. The summed E-state index contributed by atoms with van der Waals surface area (Å²) in [5, 5.41) is 12.4. The molecule has 16 heavy (non-hydrogen) atoms. The molecule has 3 heteroatoms. The van der Waals surface area contributed by atoms with Gasteiger partial charge in [0.2, 0.25) is 0 Å². The molecule has 2 N–H and O–H groups in total. The minimum Gasteiger partial charge on any atom is -0.508 e. The lowest BCUT2D eigenvalue weighted by atomic mass is 10.2. The van der Waals surface area contributed by atoms with E-state index in [9.17, 15) is 0 Å². The van der Waals surface area contributed by atoms with Crippen LogP contribution in [-0.2, 0) is 11.3 Å². The number of aromatic hydroxyl groups is 1. The van der Waals surface area contributed by atoms with Crippen LogP contribution in [0.3, 0.4) is 0 Å². The van der Waals surface area contributed by atoms with Crippen LogP contribution in [-0.4, -0.2) is 24.9 Å². The van der Waals surface area contributed by atoms with E-state index in [1.54, 1.807) is 12.1 Å². The van der Waals surface area contributed by atoms with Gasteiger partial charge in [-0.2, -0.15) is 0 Å². The van der Waals surface area contributed by atoms with Crippen LogP contribution in [0.4, 0.5) is 0 Å². The predicted octanol–water partition coefficient (Wildman–Crippen LogP) is 1.91. The summed E-state index contributed by atoms with van der Waals surface area (Å²) >= 11 is 0. The number of ether oxygens (including phenoxy) is 1. The summed E-state index contributed by atoms with van der Waals surface area (Å²) in [5.74, 6) is 1.16. The van der Waals surface area contributed by atoms with Crippen LogP contribution in [0.5, 0.6) is 5.75 Å². The SMILES string of the molecule is Oc1ccc(CNCCOCC2CC2)cc1. The average Bonchev–Trinajstić information content (AvgIpc) is 3.10. The lowest BCUT2D eigenvalue weighted by Crippen LogP contribution is -2.19. The predicted molar refractivity (Wildman–Crippen MR) is 63.4 cm³/mol. The first-order valence-electron chi connectivity index (χ1n) is 5.91. The highest BCUT2D eigenvalue weighted by Gasteiger charge is 2.20. The van der Waals surface area contributed by atoms with Gasteiger partial charge >= 0.3 is 0 Å². The van der Waals surface area contributed by atoms with Gasteiger partial charge in [-0.15, -0.1) is 0 Å². The monoisotopic (exact) mass is 221 g/mol. The second-order valence-electron chi connectivity index (χ2n) is 4.36. The maximum atomic E-state index is 9.12. The first-order chi connectivity index (χ1) is 7.84. The van der Waals surface area contributed by atoms with Crippen molar-refractivity contribution < 1.29 is 9.84 Å². The smallest absolute Gasteiger partial charge is 0.115 e. The zero-order valence-electron chi connectivity index (χ0n) is 9.48. The topological polar surface area (TPSA) is 41.5 Å². The molecule has 1 fully saturated rings. The minimum absolute atomic E-state index is 0.316. The number of benzene rings is 1. The van der Waals surface area contributed by atoms with Gasteiger partial charge in [0.25, 0.3) is 0 Å². The van der Waals surface area contributed by atoms with E-state index in [1.165, 1.54) is 18.4 Å². The summed E-state index contributed by atoms with van der Waals surface area (Å²) in [6, 6.07) is 7.27. The average molecular weight is 221 g/mol. The summed E-state index contributed by atoms with van der Waals surface area (Å²) < 4.78 is 5.51. The second-order valence-corrected chi connectivity index (χ2v) is 4.36. The van der Waals surface area contributed by atoms with Gasteiger partial charge in [0, 0.05) is 19.7 Å². The molecule has 0 radical (unpaired) electrons. The number of phenols is 1. The summed E-state index contributed by atoms with van der Waals surface area (Å²) in [6.07, 6.45) is 2.70. The van der Waals surface area contributed by atoms with Crippen LogP contribution in [0.25, 0.3) is 0 Å². The third-order valence-electron chi connectivity index (χ3n) is 2.74. The van der Waals surface area contributed by atoms with Crippen molar-refractivity contribution >= 4 is 0 Å². The Hall–Kier alpha value is -1.06. The molecule has 2 rings (SSSR count). The van der Waals surface area contributed by atoms with E-state index < -0.39 is 0 Å². The Morgan fingerprint density at radius 2 is 2.00 bits per heavy atom. The Morgan fingerprint density at radius 3 is 2.69 bits per heavy atom. The van der Waals surface area contributed by atoms with Crippen molar-refractivity contribution in [3.05, 3.63) is 29.8 Å². The Bertz CT molecular complexity index is 306. The highest BCUT2D eigenvalue weighted by atomic mass is 16.5. The fourth-order valence-corrected chi connectivity index (χ4v) is 1.53. The molecular formula is C13H19NO2. The molecule has 1 aromatic carbocycles. The van der Waals surface area contributed by atoms with E-state index in [4.69, 9.17) is 9.84 Å². The Kier molecular flexibility index (Phi) is 4.19. The van der Waals surface area contributed by atoms with E-state index in [-0.39, 0.29) is 0 Å².